The second-order valence-electron chi connectivity index (χ2n) is 5.44. The lowest BCUT2D eigenvalue weighted by Gasteiger charge is -2.08. The summed E-state index contributed by atoms with van der Waals surface area (Å²) in [5.41, 5.74) is 1.67. The van der Waals surface area contributed by atoms with Crippen molar-refractivity contribution >= 4 is 10.0 Å². The Hall–Kier alpha value is -1.99. The molecule has 7 heteroatoms. The minimum atomic E-state index is -3.57. The van der Waals surface area contributed by atoms with Crippen molar-refractivity contribution < 1.29 is 13.2 Å². The van der Waals surface area contributed by atoms with Gasteiger partial charge in [-0.05, 0) is 50.1 Å². The van der Waals surface area contributed by atoms with Gasteiger partial charge in [0.2, 0.25) is 10.0 Å². The fourth-order valence-corrected chi connectivity index (χ4v) is 3.25. The lowest BCUT2D eigenvalue weighted by atomic mass is 10.2. The maximum Gasteiger partial charge on any atom is 0.240 e. The van der Waals surface area contributed by atoms with Gasteiger partial charge in [-0.15, -0.1) is 0 Å². The first-order valence-corrected chi connectivity index (χ1v) is 9.10. The number of ether oxygens (including phenoxy) is 1. The SMILES string of the molecule is CCOc1ccc(S(=O)(=O)NCc2cc(C3CC3)ncn2)cc1. The van der Waals surface area contributed by atoms with Crippen molar-refractivity contribution in [2.75, 3.05) is 6.61 Å². The van der Waals surface area contributed by atoms with E-state index in [0.29, 0.717) is 24.0 Å². The van der Waals surface area contributed by atoms with Gasteiger partial charge in [0, 0.05) is 11.6 Å². The van der Waals surface area contributed by atoms with Crippen LogP contribution in [0.4, 0.5) is 0 Å². The van der Waals surface area contributed by atoms with E-state index in [-0.39, 0.29) is 11.4 Å². The molecule has 23 heavy (non-hydrogen) atoms. The van der Waals surface area contributed by atoms with E-state index in [9.17, 15) is 8.42 Å². The van der Waals surface area contributed by atoms with Crippen LogP contribution in [0.25, 0.3) is 0 Å². The number of rotatable bonds is 7. The van der Waals surface area contributed by atoms with Crippen LogP contribution in [-0.4, -0.2) is 25.0 Å². The van der Waals surface area contributed by atoms with E-state index in [0.717, 1.165) is 18.5 Å². The maximum atomic E-state index is 12.3. The van der Waals surface area contributed by atoms with Gasteiger partial charge >= 0.3 is 0 Å². The van der Waals surface area contributed by atoms with Crippen LogP contribution in [0.2, 0.25) is 0 Å². The van der Waals surface area contributed by atoms with Crippen LogP contribution in [0, 0.1) is 0 Å². The Morgan fingerprint density at radius 2 is 1.96 bits per heavy atom. The number of aromatic nitrogens is 2. The summed E-state index contributed by atoms with van der Waals surface area (Å²) in [5.74, 6) is 1.16. The molecule has 0 atom stereocenters. The molecule has 1 aromatic carbocycles. The first-order chi connectivity index (χ1) is 11.1. The molecule has 0 radical (unpaired) electrons. The van der Waals surface area contributed by atoms with E-state index in [2.05, 4.69) is 14.7 Å². The number of nitrogens with one attached hydrogen (secondary N) is 1. The smallest absolute Gasteiger partial charge is 0.240 e. The van der Waals surface area contributed by atoms with Crippen molar-refractivity contribution in [2.24, 2.45) is 0 Å². The summed E-state index contributed by atoms with van der Waals surface area (Å²) in [5, 5.41) is 0. The van der Waals surface area contributed by atoms with E-state index in [1.807, 2.05) is 13.0 Å². The molecule has 0 amide bonds. The summed E-state index contributed by atoms with van der Waals surface area (Å²) in [6.45, 7) is 2.57. The quantitative estimate of drug-likeness (QED) is 0.840. The Kier molecular flexibility index (Phi) is 4.58. The van der Waals surface area contributed by atoms with E-state index in [1.165, 1.54) is 18.5 Å². The minimum absolute atomic E-state index is 0.151. The summed E-state index contributed by atoms with van der Waals surface area (Å²) in [4.78, 5) is 8.56. The highest BCUT2D eigenvalue weighted by Crippen LogP contribution is 2.38. The van der Waals surface area contributed by atoms with E-state index in [1.54, 1.807) is 12.1 Å². The van der Waals surface area contributed by atoms with Crippen LogP contribution in [0.1, 0.15) is 37.1 Å². The summed E-state index contributed by atoms with van der Waals surface area (Å²) in [6.07, 6.45) is 3.79. The fourth-order valence-electron chi connectivity index (χ4n) is 2.25. The standard InChI is InChI=1S/C16H19N3O3S/c1-2-22-14-5-7-15(8-6-14)23(20,21)19-10-13-9-16(12-3-4-12)18-11-17-13/h5-9,11-12,19H,2-4,10H2,1H3. The lowest BCUT2D eigenvalue weighted by molar-refractivity contribution is 0.340. The minimum Gasteiger partial charge on any atom is -0.494 e. The highest BCUT2D eigenvalue weighted by atomic mass is 32.2. The zero-order valence-corrected chi connectivity index (χ0v) is 13.7. The molecule has 0 saturated heterocycles. The van der Waals surface area contributed by atoms with Crippen LogP contribution >= 0.6 is 0 Å². The first kappa shape index (κ1) is 15.9. The zero-order valence-electron chi connectivity index (χ0n) is 12.9. The highest BCUT2D eigenvalue weighted by Gasteiger charge is 2.25. The molecule has 0 aliphatic heterocycles. The summed E-state index contributed by atoms with van der Waals surface area (Å²) < 4.78 is 32.5. The zero-order chi connectivity index (χ0) is 16.3. The third-order valence-corrected chi connectivity index (χ3v) is 5.05. The number of sulfonamides is 1. The largest absolute Gasteiger partial charge is 0.494 e. The molecule has 1 fully saturated rings. The molecule has 3 rings (SSSR count). The molecule has 0 spiro atoms. The molecule has 1 aromatic heterocycles. The molecular weight excluding hydrogens is 314 g/mol. The average Bonchev–Trinajstić information content (AvgIpc) is 3.39. The molecule has 1 N–H and O–H groups in total. The highest BCUT2D eigenvalue weighted by molar-refractivity contribution is 7.89. The maximum absolute atomic E-state index is 12.3. The predicted octanol–water partition coefficient (Wildman–Crippen LogP) is 2.23. The Morgan fingerprint density at radius 3 is 2.61 bits per heavy atom. The van der Waals surface area contributed by atoms with E-state index in [4.69, 9.17) is 4.74 Å². The van der Waals surface area contributed by atoms with Crippen molar-refractivity contribution in [1.82, 2.24) is 14.7 Å². The number of benzene rings is 1. The van der Waals surface area contributed by atoms with Crippen molar-refractivity contribution in [1.29, 1.82) is 0 Å². The van der Waals surface area contributed by atoms with Gasteiger partial charge in [-0.25, -0.2) is 23.1 Å². The molecule has 1 saturated carbocycles. The number of hydrogen-bond acceptors (Lipinski definition) is 5. The van der Waals surface area contributed by atoms with Gasteiger partial charge in [-0.1, -0.05) is 0 Å². The molecule has 6 nitrogen and oxygen atoms in total. The van der Waals surface area contributed by atoms with Gasteiger partial charge in [0.1, 0.15) is 12.1 Å². The Bertz CT molecular complexity index is 771. The topological polar surface area (TPSA) is 81.2 Å². The summed E-state index contributed by atoms with van der Waals surface area (Å²) in [6, 6.07) is 8.23. The van der Waals surface area contributed by atoms with E-state index < -0.39 is 10.0 Å². The van der Waals surface area contributed by atoms with Crippen LogP contribution in [-0.2, 0) is 16.6 Å². The first-order valence-electron chi connectivity index (χ1n) is 7.62. The summed E-state index contributed by atoms with van der Waals surface area (Å²) in [7, 11) is -3.57. The molecule has 0 bridgehead atoms. The van der Waals surface area contributed by atoms with Crippen LogP contribution in [0.3, 0.4) is 0 Å². The lowest BCUT2D eigenvalue weighted by Crippen LogP contribution is -2.23. The van der Waals surface area contributed by atoms with Gasteiger partial charge in [0.25, 0.3) is 0 Å². The Morgan fingerprint density at radius 1 is 1.22 bits per heavy atom. The monoisotopic (exact) mass is 333 g/mol. The molecule has 0 unspecified atom stereocenters. The van der Waals surface area contributed by atoms with Gasteiger partial charge in [-0.3, -0.25) is 0 Å². The van der Waals surface area contributed by atoms with Gasteiger partial charge in [0.05, 0.1) is 23.7 Å². The van der Waals surface area contributed by atoms with Crippen molar-refractivity contribution in [3.63, 3.8) is 0 Å². The summed E-state index contributed by atoms with van der Waals surface area (Å²) >= 11 is 0. The normalized spacial score (nSPS) is 14.7. The molecule has 122 valence electrons. The molecule has 1 aliphatic carbocycles. The second-order valence-corrected chi connectivity index (χ2v) is 7.20. The van der Waals surface area contributed by atoms with Gasteiger partial charge < -0.3 is 4.74 Å². The van der Waals surface area contributed by atoms with Gasteiger partial charge in [0.15, 0.2) is 0 Å². The van der Waals surface area contributed by atoms with E-state index >= 15 is 0 Å². The fraction of sp³-hybridized carbons (Fsp3) is 0.375. The molecule has 1 aliphatic rings. The van der Waals surface area contributed by atoms with Crippen LogP contribution < -0.4 is 9.46 Å². The predicted molar refractivity (Wildman–Crippen MR) is 85.6 cm³/mol. The third-order valence-electron chi connectivity index (χ3n) is 3.63. The third kappa shape index (κ3) is 4.05. The van der Waals surface area contributed by atoms with Crippen LogP contribution in [0.15, 0.2) is 41.6 Å². The average molecular weight is 333 g/mol. The Balaban J connectivity index is 1.67. The van der Waals surface area contributed by atoms with Crippen LogP contribution in [0.5, 0.6) is 5.75 Å². The van der Waals surface area contributed by atoms with Gasteiger partial charge in [-0.2, -0.15) is 0 Å². The Labute approximate surface area is 136 Å². The molecular formula is C16H19N3O3S. The number of nitrogens with zero attached hydrogens (tertiary/aromatic N) is 2. The van der Waals surface area contributed by atoms with Crippen molar-refractivity contribution in [2.45, 2.75) is 37.1 Å². The molecule has 1 heterocycles. The van der Waals surface area contributed by atoms with Crippen molar-refractivity contribution in [3.8, 4) is 5.75 Å². The molecule has 2 aromatic rings. The number of hydrogen-bond donors (Lipinski definition) is 1. The van der Waals surface area contributed by atoms with Crippen molar-refractivity contribution in [3.05, 3.63) is 48.0 Å². The second kappa shape index (κ2) is 6.64.